The first-order valence-electron chi connectivity index (χ1n) is 7.08. The maximum Gasteiger partial charge on any atom is 0.108 e. The van der Waals surface area contributed by atoms with E-state index < -0.39 is 0 Å². The zero-order valence-corrected chi connectivity index (χ0v) is 11.6. The normalized spacial score (nSPS) is 26.2. The van der Waals surface area contributed by atoms with Crippen molar-refractivity contribution in [3.05, 3.63) is 53.6 Å². The zero-order chi connectivity index (χ0) is 13.4. The number of imidazole rings is 1. The Bertz CT molecular complexity index is 573. The lowest BCUT2D eigenvalue weighted by molar-refractivity contribution is 0.336. The monoisotopic (exact) mass is 255 g/mol. The molecule has 0 spiro atoms. The first kappa shape index (κ1) is 12.4. The Hall–Kier alpha value is -1.61. The number of hydrogen-bond acceptors (Lipinski definition) is 2. The minimum Gasteiger partial charge on any atom is -0.330 e. The fraction of sp³-hybridized carbons (Fsp3) is 0.438. The molecule has 1 aromatic heterocycles. The maximum absolute atomic E-state index is 6.52. The van der Waals surface area contributed by atoms with Crippen LogP contribution in [-0.4, -0.2) is 9.55 Å². The first-order valence-corrected chi connectivity index (χ1v) is 7.08. The number of rotatable bonds is 2. The number of nitrogens with two attached hydrogens (primary N) is 1. The van der Waals surface area contributed by atoms with Gasteiger partial charge >= 0.3 is 0 Å². The lowest BCUT2D eigenvalue weighted by Crippen LogP contribution is -2.31. The minimum atomic E-state index is 0.0619. The van der Waals surface area contributed by atoms with E-state index in [0.29, 0.717) is 12.0 Å². The highest BCUT2D eigenvalue weighted by atomic mass is 15.1. The van der Waals surface area contributed by atoms with E-state index in [2.05, 4.69) is 53.9 Å². The van der Waals surface area contributed by atoms with Crippen LogP contribution in [0.5, 0.6) is 0 Å². The molecule has 0 amide bonds. The Morgan fingerprint density at radius 1 is 1.32 bits per heavy atom. The molecule has 2 aromatic rings. The minimum absolute atomic E-state index is 0.0619. The van der Waals surface area contributed by atoms with Gasteiger partial charge in [-0.15, -0.1) is 0 Å². The molecule has 1 aliphatic rings. The van der Waals surface area contributed by atoms with Gasteiger partial charge in [-0.1, -0.05) is 38.1 Å². The molecule has 3 nitrogen and oxygen atoms in total. The molecule has 0 saturated heterocycles. The van der Waals surface area contributed by atoms with Crippen LogP contribution in [0.1, 0.15) is 55.2 Å². The predicted molar refractivity (Wildman–Crippen MR) is 77.0 cm³/mol. The summed E-state index contributed by atoms with van der Waals surface area (Å²) in [4.78, 5) is 4.43. The van der Waals surface area contributed by atoms with Gasteiger partial charge in [0.1, 0.15) is 5.82 Å². The van der Waals surface area contributed by atoms with Crippen molar-refractivity contribution < 1.29 is 0 Å². The van der Waals surface area contributed by atoms with Gasteiger partial charge in [0.2, 0.25) is 0 Å². The molecule has 19 heavy (non-hydrogen) atoms. The molecular weight excluding hydrogens is 234 g/mol. The van der Waals surface area contributed by atoms with Crippen molar-refractivity contribution in [3.63, 3.8) is 0 Å². The Kier molecular flexibility index (Phi) is 3.15. The van der Waals surface area contributed by atoms with Crippen molar-refractivity contribution >= 4 is 0 Å². The van der Waals surface area contributed by atoms with E-state index in [1.807, 2.05) is 6.20 Å². The number of aromatic nitrogens is 2. The summed E-state index contributed by atoms with van der Waals surface area (Å²) in [6.07, 6.45) is 5.99. The van der Waals surface area contributed by atoms with Gasteiger partial charge in [0.25, 0.3) is 0 Å². The van der Waals surface area contributed by atoms with Crippen molar-refractivity contribution in [3.8, 4) is 0 Å². The molecule has 100 valence electrons. The number of aryl methyl sites for hydroxylation is 1. The van der Waals surface area contributed by atoms with Gasteiger partial charge in [0, 0.05) is 18.8 Å². The highest BCUT2D eigenvalue weighted by Gasteiger charge is 2.32. The molecule has 3 atom stereocenters. The molecule has 1 aliphatic carbocycles. The molecule has 0 fully saturated rings. The molecule has 3 heteroatoms. The van der Waals surface area contributed by atoms with Crippen LogP contribution >= 0.6 is 0 Å². The van der Waals surface area contributed by atoms with Crippen LogP contribution < -0.4 is 5.73 Å². The van der Waals surface area contributed by atoms with Gasteiger partial charge in [0.05, 0.1) is 12.1 Å². The van der Waals surface area contributed by atoms with Crippen LogP contribution in [0.2, 0.25) is 0 Å². The summed E-state index contributed by atoms with van der Waals surface area (Å²) in [6.45, 7) is 4.44. The van der Waals surface area contributed by atoms with Gasteiger partial charge in [-0.25, -0.2) is 4.98 Å². The van der Waals surface area contributed by atoms with Crippen molar-refractivity contribution in [2.45, 2.75) is 44.7 Å². The Morgan fingerprint density at radius 3 is 2.79 bits per heavy atom. The van der Waals surface area contributed by atoms with E-state index in [9.17, 15) is 0 Å². The second kappa shape index (κ2) is 4.82. The van der Waals surface area contributed by atoms with Gasteiger partial charge < -0.3 is 10.3 Å². The van der Waals surface area contributed by atoms with Crippen molar-refractivity contribution in [1.82, 2.24) is 9.55 Å². The van der Waals surface area contributed by atoms with Gasteiger partial charge in [-0.05, 0) is 23.5 Å². The molecule has 1 aromatic carbocycles. The second-order valence-electron chi connectivity index (χ2n) is 5.46. The average molecular weight is 255 g/mol. The quantitative estimate of drug-likeness (QED) is 0.895. The summed E-state index contributed by atoms with van der Waals surface area (Å²) in [5.74, 6) is 1.68. The van der Waals surface area contributed by atoms with E-state index in [-0.39, 0.29) is 6.04 Å². The van der Waals surface area contributed by atoms with Gasteiger partial charge in [-0.2, -0.15) is 0 Å². The molecule has 3 rings (SSSR count). The third-order valence-electron chi connectivity index (χ3n) is 4.32. The Balaban J connectivity index is 2.03. The van der Waals surface area contributed by atoms with E-state index >= 15 is 0 Å². The fourth-order valence-electron chi connectivity index (χ4n) is 3.31. The van der Waals surface area contributed by atoms with Crippen molar-refractivity contribution in [2.24, 2.45) is 5.73 Å². The molecule has 2 N–H and O–H groups in total. The van der Waals surface area contributed by atoms with Crippen LogP contribution in [-0.2, 0) is 6.42 Å². The number of nitrogens with zero attached hydrogens (tertiary/aromatic N) is 2. The summed E-state index contributed by atoms with van der Waals surface area (Å²) in [5, 5.41) is 0. The van der Waals surface area contributed by atoms with Crippen molar-refractivity contribution in [2.75, 3.05) is 0 Å². The number of fused-ring (bicyclic) bond motifs is 1. The second-order valence-corrected chi connectivity index (χ2v) is 5.46. The van der Waals surface area contributed by atoms with E-state index in [1.165, 1.54) is 11.1 Å². The fourth-order valence-corrected chi connectivity index (χ4v) is 3.31. The average Bonchev–Trinajstić information content (AvgIpc) is 2.91. The topological polar surface area (TPSA) is 43.8 Å². The lowest BCUT2D eigenvalue weighted by Gasteiger charge is -2.36. The highest BCUT2D eigenvalue weighted by Crippen LogP contribution is 2.42. The Labute approximate surface area is 114 Å². The summed E-state index contributed by atoms with van der Waals surface area (Å²) in [5.41, 5.74) is 9.22. The van der Waals surface area contributed by atoms with Crippen LogP contribution in [0, 0.1) is 0 Å². The maximum atomic E-state index is 6.52. The molecule has 0 saturated carbocycles. The van der Waals surface area contributed by atoms with Crippen LogP contribution in [0.3, 0.4) is 0 Å². The summed E-state index contributed by atoms with van der Waals surface area (Å²) < 4.78 is 2.27. The van der Waals surface area contributed by atoms with Crippen LogP contribution in [0.4, 0.5) is 0 Å². The molecule has 1 heterocycles. The molecule has 3 unspecified atom stereocenters. The first-order chi connectivity index (χ1) is 9.22. The summed E-state index contributed by atoms with van der Waals surface area (Å²) in [7, 11) is 0. The molecule has 0 aliphatic heterocycles. The molecular formula is C16H21N3. The Morgan fingerprint density at radius 2 is 2.05 bits per heavy atom. The smallest absolute Gasteiger partial charge is 0.108 e. The number of hydrogen-bond donors (Lipinski definition) is 1. The number of benzene rings is 1. The predicted octanol–water partition coefficient (Wildman–Crippen LogP) is 3.19. The zero-order valence-electron chi connectivity index (χ0n) is 11.6. The van der Waals surface area contributed by atoms with Crippen LogP contribution in [0.25, 0.3) is 0 Å². The summed E-state index contributed by atoms with van der Waals surface area (Å²) in [6, 6.07) is 8.96. The van der Waals surface area contributed by atoms with Gasteiger partial charge in [0.15, 0.2) is 0 Å². The van der Waals surface area contributed by atoms with E-state index in [1.54, 1.807) is 0 Å². The standard InChI is InChI=1S/C16H21N3/c1-3-15-18-8-9-19(15)14-10-11(2)12-6-4-5-7-13(12)16(14)17/h4-9,11,14,16H,3,10,17H2,1-2H3. The van der Waals surface area contributed by atoms with Crippen LogP contribution in [0.15, 0.2) is 36.7 Å². The third-order valence-corrected chi connectivity index (χ3v) is 4.32. The SMILES string of the molecule is CCc1nccn1C1CC(C)c2ccccc2C1N. The van der Waals surface area contributed by atoms with Gasteiger partial charge in [-0.3, -0.25) is 0 Å². The van der Waals surface area contributed by atoms with Crippen molar-refractivity contribution in [1.29, 1.82) is 0 Å². The largest absolute Gasteiger partial charge is 0.330 e. The summed E-state index contributed by atoms with van der Waals surface area (Å²) >= 11 is 0. The lowest BCUT2D eigenvalue weighted by atomic mass is 9.78. The highest BCUT2D eigenvalue weighted by molar-refractivity contribution is 5.36. The molecule has 0 bridgehead atoms. The third kappa shape index (κ3) is 1.98. The van der Waals surface area contributed by atoms with E-state index in [0.717, 1.165) is 18.7 Å². The molecule has 0 radical (unpaired) electrons. The van der Waals surface area contributed by atoms with E-state index in [4.69, 9.17) is 5.73 Å².